The molecule has 5 heteroatoms. The normalized spacial score (nSPS) is 30.8. The monoisotopic (exact) mass is 323 g/mol. The second-order valence-corrected chi connectivity index (χ2v) is 6.46. The van der Waals surface area contributed by atoms with Crippen LogP contribution in [-0.2, 0) is 14.3 Å². The Kier molecular flexibility index (Phi) is 2.71. The van der Waals surface area contributed by atoms with Crippen molar-refractivity contribution < 1.29 is 14.3 Å². The molecule has 3 fully saturated rings. The van der Waals surface area contributed by atoms with E-state index in [0.29, 0.717) is 19.3 Å². The van der Waals surface area contributed by atoms with Gasteiger partial charge in [-0.1, -0.05) is 15.9 Å². The minimum Gasteiger partial charge on any atom is -0.469 e. The maximum Gasteiger partial charge on any atom is 0.311 e. The highest BCUT2D eigenvalue weighted by atomic mass is 79.9. The van der Waals surface area contributed by atoms with Crippen molar-refractivity contribution in [1.82, 2.24) is 0 Å². The van der Waals surface area contributed by atoms with E-state index in [9.17, 15) is 9.59 Å². The number of esters is 1. The van der Waals surface area contributed by atoms with Crippen LogP contribution < -0.4 is 5.32 Å². The molecule has 19 heavy (non-hydrogen) atoms. The molecule has 2 bridgehead atoms. The SMILES string of the molecule is COC(=O)C12CC(C(=O)Nc3ccc(Br)cc3)(C1)C2. The average molecular weight is 324 g/mol. The Morgan fingerprint density at radius 1 is 1.16 bits per heavy atom. The van der Waals surface area contributed by atoms with Crippen LogP contribution in [0.4, 0.5) is 5.69 Å². The Morgan fingerprint density at radius 2 is 1.74 bits per heavy atom. The van der Waals surface area contributed by atoms with Gasteiger partial charge in [-0.3, -0.25) is 9.59 Å². The van der Waals surface area contributed by atoms with Crippen LogP contribution in [-0.4, -0.2) is 19.0 Å². The predicted molar refractivity (Wildman–Crippen MR) is 73.5 cm³/mol. The molecule has 0 unspecified atom stereocenters. The Labute approximate surface area is 119 Å². The number of hydrogen-bond donors (Lipinski definition) is 1. The number of methoxy groups -OCH3 is 1. The molecular weight excluding hydrogens is 310 g/mol. The van der Waals surface area contributed by atoms with Gasteiger partial charge < -0.3 is 10.1 Å². The van der Waals surface area contributed by atoms with E-state index in [1.807, 2.05) is 24.3 Å². The maximum absolute atomic E-state index is 12.2. The highest BCUT2D eigenvalue weighted by molar-refractivity contribution is 9.10. The number of halogens is 1. The molecule has 4 nitrogen and oxygen atoms in total. The summed E-state index contributed by atoms with van der Waals surface area (Å²) in [5.74, 6) is -0.161. The first-order valence-corrected chi connectivity index (χ1v) is 6.95. The Morgan fingerprint density at radius 3 is 2.26 bits per heavy atom. The number of amides is 1. The molecule has 100 valence electrons. The van der Waals surface area contributed by atoms with Gasteiger partial charge in [0, 0.05) is 10.2 Å². The van der Waals surface area contributed by atoms with E-state index in [1.165, 1.54) is 7.11 Å². The molecule has 3 aliphatic carbocycles. The fraction of sp³-hybridized carbons (Fsp3) is 0.429. The molecule has 3 saturated carbocycles. The summed E-state index contributed by atoms with van der Waals surface area (Å²) in [4.78, 5) is 23.8. The summed E-state index contributed by atoms with van der Waals surface area (Å²) >= 11 is 3.35. The van der Waals surface area contributed by atoms with Crippen molar-refractivity contribution in [1.29, 1.82) is 0 Å². The molecule has 1 N–H and O–H groups in total. The predicted octanol–water partition coefficient (Wildman–Crippen LogP) is 2.73. The second kappa shape index (κ2) is 4.07. The fourth-order valence-electron chi connectivity index (χ4n) is 3.26. The Balaban J connectivity index is 1.63. The number of ether oxygens (including phenoxy) is 1. The maximum atomic E-state index is 12.2. The molecule has 0 aromatic heterocycles. The van der Waals surface area contributed by atoms with Gasteiger partial charge in [0.05, 0.1) is 17.9 Å². The van der Waals surface area contributed by atoms with E-state index >= 15 is 0 Å². The highest BCUT2D eigenvalue weighted by Gasteiger charge is 2.75. The average Bonchev–Trinajstić information content (AvgIpc) is 2.28. The van der Waals surface area contributed by atoms with Crippen LogP contribution in [0.2, 0.25) is 0 Å². The van der Waals surface area contributed by atoms with Crippen molar-refractivity contribution in [3.05, 3.63) is 28.7 Å². The highest BCUT2D eigenvalue weighted by Crippen LogP contribution is 2.73. The summed E-state index contributed by atoms with van der Waals surface area (Å²) in [6, 6.07) is 7.47. The minimum atomic E-state index is -0.369. The van der Waals surface area contributed by atoms with E-state index < -0.39 is 0 Å². The first kappa shape index (κ1) is 12.7. The zero-order valence-corrected chi connectivity index (χ0v) is 12.1. The molecule has 0 heterocycles. The van der Waals surface area contributed by atoms with Gasteiger partial charge in [-0.25, -0.2) is 0 Å². The Hall–Kier alpha value is -1.36. The van der Waals surface area contributed by atoms with E-state index in [4.69, 9.17) is 4.74 Å². The summed E-state index contributed by atoms with van der Waals surface area (Å²) in [6.07, 6.45) is 1.86. The largest absolute Gasteiger partial charge is 0.469 e. The van der Waals surface area contributed by atoms with Crippen molar-refractivity contribution in [2.45, 2.75) is 19.3 Å². The molecule has 4 rings (SSSR count). The second-order valence-electron chi connectivity index (χ2n) is 5.54. The van der Waals surface area contributed by atoms with Gasteiger partial charge in [-0.15, -0.1) is 0 Å². The van der Waals surface area contributed by atoms with E-state index in [2.05, 4.69) is 21.2 Å². The number of anilines is 1. The number of carbonyl (C=O) groups excluding carboxylic acids is 2. The van der Waals surface area contributed by atoms with Gasteiger partial charge in [0.15, 0.2) is 0 Å². The van der Waals surface area contributed by atoms with Crippen LogP contribution in [0.3, 0.4) is 0 Å². The lowest BCUT2D eigenvalue weighted by Gasteiger charge is -2.66. The van der Waals surface area contributed by atoms with Crippen LogP contribution in [0, 0.1) is 10.8 Å². The van der Waals surface area contributed by atoms with E-state index in [0.717, 1.165) is 10.2 Å². The van der Waals surface area contributed by atoms with Crippen molar-refractivity contribution in [2.75, 3.05) is 12.4 Å². The first-order valence-electron chi connectivity index (χ1n) is 6.15. The minimum absolute atomic E-state index is 0.0144. The van der Waals surface area contributed by atoms with E-state index in [-0.39, 0.29) is 22.7 Å². The summed E-state index contributed by atoms with van der Waals surface area (Å²) < 4.78 is 5.75. The van der Waals surface area contributed by atoms with Crippen LogP contribution in [0.15, 0.2) is 28.7 Å². The number of rotatable bonds is 3. The molecule has 0 saturated heterocycles. The zero-order valence-electron chi connectivity index (χ0n) is 10.5. The molecular formula is C14H14BrNO3. The molecule has 0 radical (unpaired) electrons. The summed E-state index contributed by atoms with van der Waals surface area (Å²) in [7, 11) is 1.40. The van der Waals surface area contributed by atoms with Gasteiger partial charge in [0.1, 0.15) is 0 Å². The van der Waals surface area contributed by atoms with Gasteiger partial charge in [-0.05, 0) is 43.5 Å². The number of benzene rings is 1. The van der Waals surface area contributed by atoms with Crippen LogP contribution in [0.5, 0.6) is 0 Å². The van der Waals surface area contributed by atoms with Crippen LogP contribution in [0.25, 0.3) is 0 Å². The van der Waals surface area contributed by atoms with Gasteiger partial charge in [-0.2, -0.15) is 0 Å². The van der Waals surface area contributed by atoms with E-state index in [1.54, 1.807) is 0 Å². The molecule has 3 aliphatic rings. The smallest absolute Gasteiger partial charge is 0.311 e. The van der Waals surface area contributed by atoms with Crippen molar-refractivity contribution >= 4 is 33.5 Å². The third kappa shape index (κ3) is 1.79. The lowest BCUT2D eigenvalue weighted by Crippen LogP contribution is -2.69. The van der Waals surface area contributed by atoms with Crippen LogP contribution in [0.1, 0.15) is 19.3 Å². The number of carbonyl (C=O) groups is 2. The first-order chi connectivity index (χ1) is 9.00. The third-order valence-corrected chi connectivity index (χ3v) is 4.76. The molecule has 1 aromatic carbocycles. The molecule has 0 spiro atoms. The van der Waals surface area contributed by atoms with Gasteiger partial charge >= 0.3 is 5.97 Å². The lowest BCUT2D eigenvalue weighted by molar-refractivity contribution is -0.220. The molecule has 1 amide bonds. The summed E-state index contributed by atoms with van der Waals surface area (Å²) in [5, 5.41) is 2.91. The molecule has 0 aliphatic heterocycles. The standard InChI is InChI=1S/C14H14BrNO3/c1-19-12(18)14-6-13(7-14,8-14)11(17)16-10-4-2-9(15)3-5-10/h2-5H,6-8H2,1H3,(H,16,17). The summed E-state index contributed by atoms with van der Waals surface area (Å²) in [5.41, 5.74) is 0.0672. The topological polar surface area (TPSA) is 55.4 Å². The van der Waals surface area contributed by atoms with Crippen molar-refractivity contribution in [3.63, 3.8) is 0 Å². The van der Waals surface area contributed by atoms with Gasteiger partial charge in [0.2, 0.25) is 5.91 Å². The number of hydrogen-bond acceptors (Lipinski definition) is 3. The fourth-order valence-corrected chi connectivity index (χ4v) is 3.52. The van der Waals surface area contributed by atoms with Gasteiger partial charge in [0.25, 0.3) is 0 Å². The lowest BCUT2D eigenvalue weighted by atomic mass is 9.35. The quantitative estimate of drug-likeness (QED) is 0.870. The van der Waals surface area contributed by atoms with Crippen molar-refractivity contribution in [2.24, 2.45) is 10.8 Å². The summed E-state index contributed by atoms with van der Waals surface area (Å²) in [6.45, 7) is 0. The molecule has 0 atom stereocenters. The Bertz CT molecular complexity index is 533. The van der Waals surface area contributed by atoms with Crippen molar-refractivity contribution in [3.8, 4) is 0 Å². The molecule has 1 aromatic rings. The zero-order chi connectivity index (χ0) is 13.7. The number of nitrogens with one attached hydrogen (secondary N) is 1. The van der Waals surface area contributed by atoms with Crippen LogP contribution >= 0.6 is 15.9 Å². The third-order valence-electron chi connectivity index (χ3n) is 4.23.